The summed E-state index contributed by atoms with van der Waals surface area (Å²) in [6.07, 6.45) is 3.09. The zero-order chi connectivity index (χ0) is 13.7. The highest BCUT2D eigenvalue weighted by atomic mass is 20.0. The fraction of sp³-hybridized carbons (Fsp3) is 0.200. The predicted octanol–water partition coefficient (Wildman–Crippen LogP) is 5.25. The number of hydrogen-bond acceptors (Lipinski definition) is 0. The van der Waals surface area contributed by atoms with Gasteiger partial charge in [0.05, 0.1) is 0 Å². The van der Waals surface area contributed by atoms with E-state index >= 15 is 0 Å². The van der Waals surface area contributed by atoms with E-state index in [1.807, 2.05) is 6.20 Å². The van der Waals surface area contributed by atoms with E-state index in [-0.39, 0.29) is 0 Å². The van der Waals surface area contributed by atoms with Crippen molar-refractivity contribution in [3.05, 3.63) is 36.0 Å². The summed E-state index contributed by atoms with van der Waals surface area (Å²) in [7, 11) is 0. The molecule has 2 aromatic rings. The smallest absolute Gasteiger partial charge is 0.0454 e. The molecule has 0 saturated heterocycles. The van der Waals surface area contributed by atoms with Crippen LogP contribution in [-0.4, -0.2) is 4.98 Å². The summed E-state index contributed by atoms with van der Waals surface area (Å²) < 4.78 is 48.0. The van der Waals surface area contributed by atoms with Gasteiger partial charge in [-0.3, -0.25) is 0 Å². The molecule has 17 heavy (non-hydrogen) atoms. The number of nitrogens with one attached hydrogen (secondary N) is 1. The van der Waals surface area contributed by atoms with E-state index in [0.29, 0.717) is 0 Å². The van der Waals surface area contributed by atoms with E-state index in [4.69, 9.17) is 27.4 Å². The maximum absolute atomic E-state index is 8.00. The first-order valence-corrected chi connectivity index (χ1v) is 4.39. The molecule has 1 nitrogen and oxygen atoms in total. The third-order valence-corrected chi connectivity index (χ3v) is 2.03. The Kier molecular flexibility index (Phi) is 12.9. The number of aromatic nitrogens is 1. The molecule has 7 heteroatoms. The Bertz CT molecular complexity index is 376. The Morgan fingerprint density at radius 2 is 1.53 bits per heavy atom. The molecule has 1 heterocycles. The lowest BCUT2D eigenvalue weighted by Gasteiger charge is -1.94. The van der Waals surface area contributed by atoms with Gasteiger partial charge in [-0.1, -0.05) is 13.0 Å². The lowest BCUT2D eigenvalue weighted by Crippen LogP contribution is -1.77. The summed E-state index contributed by atoms with van der Waals surface area (Å²) in [4.78, 5) is 3.17. The lowest BCUT2D eigenvalue weighted by atomic mass is 10.1. The van der Waals surface area contributed by atoms with Crippen LogP contribution in [0.5, 0.6) is 0 Å². The third kappa shape index (κ3) is 5.84. The normalized spacial score (nSPS) is 7.94. The Morgan fingerprint density at radius 3 is 2.06 bits per heavy atom. The summed E-state index contributed by atoms with van der Waals surface area (Å²) in [5, 5.41) is 1.31. The zero-order valence-electron chi connectivity index (χ0n) is 8.86. The highest BCUT2D eigenvalue weighted by molar-refractivity contribution is 5.79. The van der Waals surface area contributed by atoms with Crippen LogP contribution in [0.1, 0.15) is 12.5 Å². The van der Waals surface area contributed by atoms with Crippen LogP contribution < -0.4 is 0 Å². The van der Waals surface area contributed by atoms with Gasteiger partial charge in [-0.25, -0.2) is 0 Å². The first-order chi connectivity index (χ1) is 8.40. The molecular formula is C10H11F6N. The van der Waals surface area contributed by atoms with Crippen molar-refractivity contribution in [2.75, 3.05) is 0 Å². The maximum Gasteiger partial charge on any atom is 0.0454 e. The highest BCUT2D eigenvalue weighted by Gasteiger charge is 1.93. The second kappa shape index (κ2) is 12.4. The maximum atomic E-state index is 8.00. The number of H-pyrrole nitrogens is 1. The Morgan fingerprint density at radius 1 is 0.941 bits per heavy atom. The predicted molar refractivity (Wildman–Crippen MR) is 54.3 cm³/mol. The number of halogens is 6. The van der Waals surface area contributed by atoms with Crippen LogP contribution in [0, 0.1) is 0 Å². The minimum Gasteiger partial charge on any atom is -0.361 e. The Hall–Kier alpha value is -1.66. The molecule has 1 N–H and O–H groups in total. The van der Waals surface area contributed by atoms with Crippen molar-refractivity contribution in [1.29, 1.82) is 0 Å². The lowest BCUT2D eigenvalue weighted by molar-refractivity contribution is 0.108. The van der Waals surface area contributed by atoms with Crippen molar-refractivity contribution >= 4 is 10.9 Å². The van der Waals surface area contributed by atoms with E-state index in [1.165, 1.54) is 16.5 Å². The summed E-state index contributed by atoms with van der Waals surface area (Å²) in [5.41, 5.74) is 2.62. The number of hydrogen-bond donors (Lipinski definition) is 1. The highest BCUT2D eigenvalue weighted by Crippen LogP contribution is 2.14. The number of benzene rings is 1. The summed E-state index contributed by atoms with van der Waals surface area (Å²) in [6, 6.07) is 8.63. The fourth-order valence-electron chi connectivity index (χ4n) is 1.32. The fourth-order valence-corrected chi connectivity index (χ4v) is 1.32. The van der Waals surface area contributed by atoms with E-state index in [9.17, 15) is 0 Å². The molecule has 0 radical (unpaired) electrons. The van der Waals surface area contributed by atoms with Gasteiger partial charge in [0.15, 0.2) is 0 Å². The molecule has 0 bridgehead atoms. The summed E-state index contributed by atoms with van der Waals surface area (Å²) in [5.74, 6) is 0. The minimum atomic E-state index is 1.11. The van der Waals surface area contributed by atoms with E-state index in [1.54, 1.807) is 0 Å². The van der Waals surface area contributed by atoms with Crippen molar-refractivity contribution in [2.45, 2.75) is 13.3 Å². The average molecular weight is 259 g/mol. The first-order valence-electron chi connectivity index (χ1n) is 4.39. The van der Waals surface area contributed by atoms with Crippen molar-refractivity contribution in [2.24, 2.45) is 0 Å². The van der Waals surface area contributed by atoms with Crippen LogP contribution in [0.3, 0.4) is 0 Å². The Labute approximate surface area is 93.6 Å². The quantitative estimate of drug-likeness (QED) is 0.673. The number of aryl methyl sites for hydroxylation is 1. The molecule has 0 amide bonds. The molecule has 2 rings (SSSR count). The van der Waals surface area contributed by atoms with Crippen LogP contribution >= 0.6 is 0 Å². The Balaban J connectivity index is 0. The second-order valence-electron chi connectivity index (χ2n) is 2.75. The molecular weight excluding hydrogens is 248 g/mol. The number of aromatic amines is 1. The van der Waals surface area contributed by atoms with Crippen LogP contribution in [0.4, 0.5) is 27.4 Å². The van der Waals surface area contributed by atoms with E-state index in [0.717, 1.165) is 6.42 Å². The van der Waals surface area contributed by atoms with E-state index in [2.05, 4.69) is 36.2 Å². The van der Waals surface area contributed by atoms with Crippen LogP contribution in [0.25, 0.3) is 10.9 Å². The van der Waals surface area contributed by atoms with Gasteiger partial charge < -0.3 is 4.98 Å². The standard InChI is InChI=1S/C10H11N.3F2/c1-2-8-3-4-10-9(7-8)5-6-11-10;3*1-2/h3-7,11H,2H2,1H3;;;. The van der Waals surface area contributed by atoms with Gasteiger partial charge >= 0.3 is 0 Å². The van der Waals surface area contributed by atoms with Gasteiger partial charge in [0.1, 0.15) is 0 Å². The molecule has 0 spiro atoms. The molecule has 0 saturated carbocycles. The van der Waals surface area contributed by atoms with Gasteiger partial charge in [0.25, 0.3) is 0 Å². The SMILES string of the molecule is CCc1ccc2[nH]ccc2c1.FF.FF.FF. The van der Waals surface area contributed by atoms with Crippen molar-refractivity contribution in [3.8, 4) is 0 Å². The monoisotopic (exact) mass is 259 g/mol. The molecule has 0 aliphatic heterocycles. The van der Waals surface area contributed by atoms with Gasteiger partial charge in [0.2, 0.25) is 0 Å². The minimum absolute atomic E-state index is 1.11. The molecule has 0 aliphatic carbocycles. The van der Waals surface area contributed by atoms with Gasteiger partial charge in [0, 0.05) is 39.2 Å². The van der Waals surface area contributed by atoms with Crippen molar-refractivity contribution in [3.63, 3.8) is 0 Å². The largest absolute Gasteiger partial charge is 0.361 e. The van der Waals surface area contributed by atoms with Crippen LogP contribution in [-0.2, 0) is 6.42 Å². The molecule has 0 aliphatic rings. The summed E-state index contributed by atoms with van der Waals surface area (Å²) >= 11 is 0. The topological polar surface area (TPSA) is 15.8 Å². The van der Waals surface area contributed by atoms with Crippen LogP contribution in [0.15, 0.2) is 30.5 Å². The van der Waals surface area contributed by atoms with Gasteiger partial charge in [-0.15, -0.1) is 0 Å². The molecule has 0 unspecified atom stereocenters. The van der Waals surface area contributed by atoms with Crippen molar-refractivity contribution in [1.82, 2.24) is 4.98 Å². The molecule has 1 aromatic heterocycles. The molecule has 0 atom stereocenters. The van der Waals surface area contributed by atoms with Crippen molar-refractivity contribution < 1.29 is 27.4 Å². The second-order valence-corrected chi connectivity index (χ2v) is 2.75. The molecule has 1 aromatic carbocycles. The van der Waals surface area contributed by atoms with Crippen LogP contribution in [0.2, 0.25) is 0 Å². The number of fused-ring (bicyclic) bond motifs is 1. The summed E-state index contributed by atoms with van der Waals surface area (Å²) in [6.45, 7) is 2.17. The zero-order valence-corrected chi connectivity index (χ0v) is 8.86. The number of rotatable bonds is 1. The molecule has 0 fully saturated rings. The molecule has 98 valence electrons. The third-order valence-electron chi connectivity index (χ3n) is 2.03. The average Bonchev–Trinajstić information content (AvgIpc) is 2.92. The van der Waals surface area contributed by atoms with Gasteiger partial charge in [-0.2, -0.15) is 0 Å². The van der Waals surface area contributed by atoms with E-state index < -0.39 is 0 Å². The van der Waals surface area contributed by atoms with Gasteiger partial charge in [-0.05, 0) is 35.6 Å². The first kappa shape index (κ1) is 17.7.